The first-order chi connectivity index (χ1) is 8.61. The third kappa shape index (κ3) is 5.83. The van der Waals surface area contributed by atoms with E-state index < -0.39 is 0 Å². The normalized spacial score (nSPS) is 20.4. The van der Waals surface area contributed by atoms with E-state index in [4.69, 9.17) is 10.5 Å². The highest BCUT2D eigenvalue weighted by molar-refractivity contribution is 5.78. The lowest BCUT2D eigenvalue weighted by molar-refractivity contribution is -0.125. The number of amides is 1. The summed E-state index contributed by atoms with van der Waals surface area (Å²) in [4.78, 5) is 11.6. The van der Waals surface area contributed by atoms with Crippen LogP contribution in [-0.4, -0.2) is 31.2 Å². The molecule has 1 aliphatic carbocycles. The molecule has 1 rings (SSSR count). The molecule has 106 valence electrons. The van der Waals surface area contributed by atoms with Crippen molar-refractivity contribution in [2.45, 2.75) is 64.5 Å². The Morgan fingerprint density at radius 1 is 1.33 bits per heavy atom. The Morgan fingerprint density at radius 2 is 2.00 bits per heavy atom. The molecule has 18 heavy (non-hydrogen) atoms. The van der Waals surface area contributed by atoms with Gasteiger partial charge in [0, 0.05) is 25.1 Å². The standard InChI is InChI=1S/C14H28N2O2/c1-11(12(2)15)14(17)16-9-6-10-18-13-7-4-3-5-8-13/h11-13H,3-10,15H2,1-2H3,(H,16,17). The van der Waals surface area contributed by atoms with E-state index in [2.05, 4.69) is 5.32 Å². The largest absolute Gasteiger partial charge is 0.378 e. The van der Waals surface area contributed by atoms with Gasteiger partial charge < -0.3 is 15.8 Å². The second kappa shape index (κ2) is 8.48. The highest BCUT2D eigenvalue weighted by Crippen LogP contribution is 2.20. The predicted octanol–water partition coefficient (Wildman–Crippen LogP) is 1.83. The van der Waals surface area contributed by atoms with E-state index in [1.807, 2.05) is 13.8 Å². The van der Waals surface area contributed by atoms with Crippen molar-refractivity contribution < 1.29 is 9.53 Å². The topological polar surface area (TPSA) is 64.4 Å². The number of nitrogens with one attached hydrogen (secondary N) is 1. The molecule has 1 fully saturated rings. The van der Waals surface area contributed by atoms with Gasteiger partial charge in [0.15, 0.2) is 0 Å². The van der Waals surface area contributed by atoms with E-state index in [9.17, 15) is 4.79 Å². The van der Waals surface area contributed by atoms with Gasteiger partial charge >= 0.3 is 0 Å². The van der Waals surface area contributed by atoms with Gasteiger partial charge in [-0.1, -0.05) is 26.2 Å². The van der Waals surface area contributed by atoms with Crippen molar-refractivity contribution in [3.05, 3.63) is 0 Å². The van der Waals surface area contributed by atoms with Gasteiger partial charge in [-0.25, -0.2) is 0 Å². The molecule has 1 saturated carbocycles. The van der Waals surface area contributed by atoms with Crippen LogP contribution in [0.3, 0.4) is 0 Å². The van der Waals surface area contributed by atoms with Gasteiger partial charge in [-0.05, 0) is 26.2 Å². The fraction of sp³-hybridized carbons (Fsp3) is 0.929. The van der Waals surface area contributed by atoms with Gasteiger partial charge in [-0.2, -0.15) is 0 Å². The molecule has 0 bridgehead atoms. The maximum absolute atomic E-state index is 11.6. The van der Waals surface area contributed by atoms with Crippen molar-refractivity contribution in [3.8, 4) is 0 Å². The monoisotopic (exact) mass is 256 g/mol. The number of nitrogens with two attached hydrogens (primary N) is 1. The molecule has 1 amide bonds. The van der Waals surface area contributed by atoms with Crippen LogP contribution in [0, 0.1) is 5.92 Å². The number of carbonyl (C=O) groups is 1. The zero-order valence-corrected chi connectivity index (χ0v) is 11.8. The summed E-state index contributed by atoms with van der Waals surface area (Å²) in [6, 6.07) is -0.0940. The Hall–Kier alpha value is -0.610. The average Bonchev–Trinajstić information content (AvgIpc) is 2.38. The van der Waals surface area contributed by atoms with Crippen LogP contribution in [0.2, 0.25) is 0 Å². The van der Waals surface area contributed by atoms with Gasteiger partial charge in [-0.3, -0.25) is 4.79 Å². The maximum atomic E-state index is 11.6. The van der Waals surface area contributed by atoms with E-state index in [0.717, 1.165) is 13.0 Å². The van der Waals surface area contributed by atoms with Gasteiger partial charge in [0.1, 0.15) is 0 Å². The van der Waals surface area contributed by atoms with Crippen molar-refractivity contribution in [2.24, 2.45) is 11.7 Å². The minimum Gasteiger partial charge on any atom is -0.378 e. The van der Waals surface area contributed by atoms with Crippen LogP contribution in [0.4, 0.5) is 0 Å². The van der Waals surface area contributed by atoms with Crippen molar-refractivity contribution in [2.75, 3.05) is 13.2 Å². The average molecular weight is 256 g/mol. The van der Waals surface area contributed by atoms with Crippen LogP contribution in [0.25, 0.3) is 0 Å². The summed E-state index contributed by atoms with van der Waals surface area (Å²) in [5, 5.41) is 2.90. The second-order valence-corrected chi connectivity index (χ2v) is 5.42. The van der Waals surface area contributed by atoms with Crippen LogP contribution in [-0.2, 0) is 9.53 Å². The third-order valence-corrected chi connectivity index (χ3v) is 3.73. The first kappa shape index (κ1) is 15.4. The number of hydrogen-bond donors (Lipinski definition) is 2. The number of rotatable bonds is 7. The lowest BCUT2D eigenvalue weighted by Crippen LogP contribution is -2.39. The maximum Gasteiger partial charge on any atom is 0.224 e. The molecule has 0 spiro atoms. The first-order valence-corrected chi connectivity index (χ1v) is 7.26. The summed E-state index contributed by atoms with van der Waals surface area (Å²) in [6.45, 7) is 5.15. The highest BCUT2D eigenvalue weighted by atomic mass is 16.5. The van der Waals surface area contributed by atoms with Crippen LogP contribution in [0.5, 0.6) is 0 Å². The Bertz CT molecular complexity index is 238. The van der Waals surface area contributed by atoms with E-state index in [1.165, 1.54) is 32.1 Å². The van der Waals surface area contributed by atoms with Crippen molar-refractivity contribution in [1.82, 2.24) is 5.32 Å². The molecule has 1 aliphatic rings. The molecule has 0 aromatic carbocycles. The van der Waals surface area contributed by atoms with Crippen molar-refractivity contribution in [3.63, 3.8) is 0 Å². The SMILES string of the molecule is CC(N)C(C)C(=O)NCCCOC1CCCCC1. The van der Waals surface area contributed by atoms with Crippen LogP contribution < -0.4 is 11.1 Å². The Balaban J connectivity index is 1.99. The van der Waals surface area contributed by atoms with E-state index in [1.54, 1.807) is 0 Å². The first-order valence-electron chi connectivity index (χ1n) is 7.26. The predicted molar refractivity (Wildman–Crippen MR) is 73.3 cm³/mol. The molecule has 0 saturated heterocycles. The van der Waals surface area contributed by atoms with Crippen molar-refractivity contribution in [1.29, 1.82) is 0 Å². The molecule has 0 aromatic heterocycles. The molecule has 2 unspecified atom stereocenters. The van der Waals surface area contributed by atoms with Gasteiger partial charge in [0.2, 0.25) is 5.91 Å². The molecule has 2 atom stereocenters. The molecule has 0 heterocycles. The number of carbonyl (C=O) groups excluding carboxylic acids is 1. The minimum absolute atomic E-state index is 0.0441. The Morgan fingerprint density at radius 3 is 2.61 bits per heavy atom. The Labute approximate surface area is 111 Å². The molecule has 0 aliphatic heterocycles. The fourth-order valence-electron chi connectivity index (χ4n) is 2.17. The lowest BCUT2D eigenvalue weighted by atomic mass is 9.98. The molecule has 4 heteroatoms. The summed E-state index contributed by atoms with van der Waals surface area (Å²) in [5.41, 5.74) is 5.68. The van der Waals surface area contributed by atoms with E-state index >= 15 is 0 Å². The van der Waals surface area contributed by atoms with E-state index in [-0.39, 0.29) is 17.9 Å². The molecule has 4 nitrogen and oxygen atoms in total. The smallest absolute Gasteiger partial charge is 0.224 e. The van der Waals surface area contributed by atoms with Gasteiger partial charge in [0.25, 0.3) is 0 Å². The van der Waals surface area contributed by atoms with Crippen LogP contribution >= 0.6 is 0 Å². The molecule has 3 N–H and O–H groups in total. The fourth-order valence-corrected chi connectivity index (χ4v) is 2.17. The summed E-state index contributed by atoms with van der Waals surface area (Å²) >= 11 is 0. The lowest BCUT2D eigenvalue weighted by Gasteiger charge is -2.22. The van der Waals surface area contributed by atoms with Crippen molar-refractivity contribution >= 4 is 5.91 Å². The van der Waals surface area contributed by atoms with Crippen LogP contribution in [0.1, 0.15) is 52.4 Å². The summed E-state index contributed by atoms with van der Waals surface area (Å²) in [7, 11) is 0. The molecular formula is C14H28N2O2. The minimum atomic E-state index is -0.121. The number of ether oxygens (including phenoxy) is 1. The molecular weight excluding hydrogens is 228 g/mol. The zero-order chi connectivity index (χ0) is 13.4. The number of hydrogen-bond acceptors (Lipinski definition) is 3. The Kier molecular flexibility index (Phi) is 7.28. The summed E-state index contributed by atoms with van der Waals surface area (Å²) < 4.78 is 5.80. The highest BCUT2D eigenvalue weighted by Gasteiger charge is 2.16. The molecule has 0 aromatic rings. The van der Waals surface area contributed by atoms with Crippen LogP contribution in [0.15, 0.2) is 0 Å². The van der Waals surface area contributed by atoms with Gasteiger partial charge in [-0.15, -0.1) is 0 Å². The molecule has 0 radical (unpaired) electrons. The quantitative estimate of drug-likeness (QED) is 0.683. The second-order valence-electron chi connectivity index (χ2n) is 5.42. The van der Waals surface area contributed by atoms with Gasteiger partial charge in [0.05, 0.1) is 6.10 Å². The van der Waals surface area contributed by atoms with E-state index in [0.29, 0.717) is 12.6 Å². The summed E-state index contributed by atoms with van der Waals surface area (Å²) in [5.74, 6) is -0.0769. The third-order valence-electron chi connectivity index (χ3n) is 3.73. The summed E-state index contributed by atoms with van der Waals surface area (Å²) in [6.07, 6.45) is 7.69. The zero-order valence-electron chi connectivity index (χ0n) is 11.8.